The molecular formula is C17H25NO3. The predicted molar refractivity (Wildman–Crippen MR) is 82.3 cm³/mol. The molecule has 0 aliphatic carbocycles. The van der Waals surface area contributed by atoms with Gasteiger partial charge in [-0.05, 0) is 43.7 Å². The first kappa shape index (κ1) is 15.8. The lowest BCUT2D eigenvalue weighted by Gasteiger charge is -2.31. The van der Waals surface area contributed by atoms with Crippen LogP contribution in [-0.4, -0.2) is 42.2 Å². The van der Waals surface area contributed by atoms with E-state index in [0.29, 0.717) is 18.9 Å². The second-order valence-electron chi connectivity index (χ2n) is 5.55. The number of nitrogens with zero attached hydrogens (tertiary/aromatic N) is 1. The molecule has 1 N–H and O–H groups in total. The highest BCUT2D eigenvalue weighted by Gasteiger charge is 2.22. The fourth-order valence-electron chi connectivity index (χ4n) is 2.77. The van der Waals surface area contributed by atoms with Crippen LogP contribution in [0.5, 0.6) is 5.75 Å². The van der Waals surface area contributed by atoms with Crippen LogP contribution >= 0.6 is 0 Å². The molecule has 0 unspecified atom stereocenters. The molecular weight excluding hydrogens is 266 g/mol. The molecule has 0 radical (unpaired) electrons. The van der Waals surface area contributed by atoms with Crippen molar-refractivity contribution in [2.75, 3.05) is 26.3 Å². The highest BCUT2D eigenvalue weighted by atomic mass is 16.5. The second-order valence-corrected chi connectivity index (χ2v) is 5.55. The summed E-state index contributed by atoms with van der Waals surface area (Å²) in [7, 11) is 0. The van der Waals surface area contributed by atoms with Gasteiger partial charge in [-0.2, -0.15) is 0 Å². The number of ether oxygens (including phenoxy) is 1. The first-order valence-electron chi connectivity index (χ1n) is 7.84. The summed E-state index contributed by atoms with van der Waals surface area (Å²) in [6.07, 6.45) is 3.07. The van der Waals surface area contributed by atoms with Crippen LogP contribution in [0.2, 0.25) is 0 Å². The van der Waals surface area contributed by atoms with Crippen LogP contribution in [0.4, 0.5) is 0 Å². The standard InChI is InChI=1S/C17H25NO3/c1-2-21-16-6-4-3-5-15(16)7-8-17(20)18-11-9-14(13-19)10-12-18/h3-6,14,19H,2,7-13H2,1H3. The Kier molecular flexibility index (Phi) is 6.05. The molecule has 0 spiro atoms. The van der Waals surface area contributed by atoms with Crippen LogP contribution < -0.4 is 4.74 Å². The van der Waals surface area contributed by atoms with Crippen molar-refractivity contribution in [3.8, 4) is 5.75 Å². The van der Waals surface area contributed by atoms with Crippen molar-refractivity contribution in [1.82, 2.24) is 4.90 Å². The van der Waals surface area contributed by atoms with E-state index >= 15 is 0 Å². The number of rotatable bonds is 6. The van der Waals surface area contributed by atoms with Crippen molar-refractivity contribution >= 4 is 5.91 Å². The quantitative estimate of drug-likeness (QED) is 0.874. The van der Waals surface area contributed by atoms with E-state index in [2.05, 4.69) is 0 Å². The molecule has 1 amide bonds. The molecule has 1 fully saturated rings. The number of aliphatic hydroxyl groups excluding tert-OH is 1. The molecule has 1 aliphatic rings. The third-order valence-electron chi connectivity index (χ3n) is 4.11. The number of aryl methyl sites for hydroxylation is 1. The second kappa shape index (κ2) is 8.03. The van der Waals surface area contributed by atoms with Gasteiger partial charge in [-0.1, -0.05) is 18.2 Å². The van der Waals surface area contributed by atoms with Crippen LogP contribution in [0.15, 0.2) is 24.3 Å². The molecule has 0 atom stereocenters. The Labute approximate surface area is 126 Å². The number of aliphatic hydroxyl groups is 1. The number of piperidine rings is 1. The number of benzene rings is 1. The first-order chi connectivity index (χ1) is 10.2. The lowest BCUT2D eigenvalue weighted by Crippen LogP contribution is -2.39. The Morgan fingerprint density at radius 1 is 1.33 bits per heavy atom. The molecule has 21 heavy (non-hydrogen) atoms. The van der Waals surface area contributed by atoms with Crippen molar-refractivity contribution in [2.24, 2.45) is 5.92 Å². The van der Waals surface area contributed by atoms with Crippen LogP contribution in [0.25, 0.3) is 0 Å². The summed E-state index contributed by atoms with van der Waals surface area (Å²) < 4.78 is 5.59. The zero-order valence-corrected chi connectivity index (χ0v) is 12.8. The van der Waals surface area contributed by atoms with Gasteiger partial charge in [-0.25, -0.2) is 0 Å². The molecule has 0 saturated carbocycles. The highest BCUT2D eigenvalue weighted by molar-refractivity contribution is 5.76. The normalized spacial score (nSPS) is 16.0. The van der Waals surface area contributed by atoms with Crippen molar-refractivity contribution in [2.45, 2.75) is 32.6 Å². The molecule has 1 aromatic rings. The minimum atomic E-state index is 0.206. The summed E-state index contributed by atoms with van der Waals surface area (Å²) in [4.78, 5) is 14.2. The van der Waals surface area contributed by atoms with Gasteiger partial charge < -0.3 is 14.7 Å². The maximum atomic E-state index is 12.3. The lowest BCUT2D eigenvalue weighted by atomic mass is 9.97. The van der Waals surface area contributed by atoms with Gasteiger partial charge in [0.15, 0.2) is 0 Å². The van der Waals surface area contributed by atoms with Gasteiger partial charge in [0.25, 0.3) is 0 Å². The van der Waals surface area contributed by atoms with Crippen molar-refractivity contribution in [3.05, 3.63) is 29.8 Å². The van der Waals surface area contributed by atoms with E-state index in [1.165, 1.54) is 0 Å². The fraction of sp³-hybridized carbons (Fsp3) is 0.588. The molecule has 1 aromatic carbocycles. The van der Waals surface area contributed by atoms with Gasteiger partial charge in [0.05, 0.1) is 6.61 Å². The minimum absolute atomic E-state index is 0.206. The van der Waals surface area contributed by atoms with Gasteiger partial charge in [0, 0.05) is 26.1 Å². The lowest BCUT2D eigenvalue weighted by molar-refractivity contribution is -0.132. The average molecular weight is 291 g/mol. The van der Waals surface area contributed by atoms with Crippen LogP contribution in [0.3, 0.4) is 0 Å². The van der Waals surface area contributed by atoms with Gasteiger partial charge in [-0.15, -0.1) is 0 Å². The van der Waals surface area contributed by atoms with Crippen molar-refractivity contribution in [1.29, 1.82) is 0 Å². The van der Waals surface area contributed by atoms with Crippen LogP contribution in [0.1, 0.15) is 31.7 Å². The molecule has 2 rings (SSSR count). The first-order valence-corrected chi connectivity index (χ1v) is 7.84. The summed E-state index contributed by atoms with van der Waals surface area (Å²) in [6, 6.07) is 7.91. The Hall–Kier alpha value is -1.55. The summed E-state index contributed by atoms with van der Waals surface area (Å²) in [6.45, 7) is 4.39. The Bertz CT molecular complexity index is 453. The molecule has 1 saturated heterocycles. The van der Waals surface area contributed by atoms with E-state index in [9.17, 15) is 4.79 Å². The van der Waals surface area contributed by atoms with Gasteiger partial charge >= 0.3 is 0 Å². The molecule has 4 nitrogen and oxygen atoms in total. The fourth-order valence-corrected chi connectivity index (χ4v) is 2.77. The minimum Gasteiger partial charge on any atom is -0.494 e. The Balaban J connectivity index is 1.84. The number of carbonyl (C=O) groups is 1. The summed E-state index contributed by atoms with van der Waals surface area (Å²) >= 11 is 0. The largest absolute Gasteiger partial charge is 0.494 e. The Morgan fingerprint density at radius 2 is 2.05 bits per heavy atom. The predicted octanol–water partition coefficient (Wildman–Crippen LogP) is 2.25. The zero-order valence-electron chi connectivity index (χ0n) is 12.8. The smallest absolute Gasteiger partial charge is 0.222 e. The maximum absolute atomic E-state index is 12.3. The number of hydrogen-bond acceptors (Lipinski definition) is 3. The monoisotopic (exact) mass is 291 g/mol. The number of para-hydroxylation sites is 1. The van der Waals surface area contributed by atoms with Gasteiger partial charge in [-0.3, -0.25) is 4.79 Å². The average Bonchev–Trinajstić information content (AvgIpc) is 2.54. The van der Waals surface area contributed by atoms with Crippen molar-refractivity contribution in [3.63, 3.8) is 0 Å². The maximum Gasteiger partial charge on any atom is 0.222 e. The molecule has 1 heterocycles. The zero-order chi connectivity index (χ0) is 15.1. The number of amides is 1. The molecule has 116 valence electrons. The third kappa shape index (κ3) is 4.46. The summed E-state index contributed by atoms with van der Waals surface area (Å²) in [5.74, 6) is 1.46. The summed E-state index contributed by atoms with van der Waals surface area (Å²) in [5, 5.41) is 9.13. The van der Waals surface area contributed by atoms with E-state index in [4.69, 9.17) is 9.84 Å². The van der Waals surface area contributed by atoms with Gasteiger partial charge in [0.1, 0.15) is 5.75 Å². The van der Waals surface area contributed by atoms with Crippen LogP contribution in [0, 0.1) is 5.92 Å². The van der Waals surface area contributed by atoms with Gasteiger partial charge in [0.2, 0.25) is 5.91 Å². The number of carbonyl (C=O) groups excluding carboxylic acids is 1. The van der Waals surface area contributed by atoms with Crippen molar-refractivity contribution < 1.29 is 14.6 Å². The SMILES string of the molecule is CCOc1ccccc1CCC(=O)N1CCC(CO)CC1. The molecule has 0 bridgehead atoms. The van der Waals surface area contributed by atoms with E-state index in [1.807, 2.05) is 36.1 Å². The van der Waals surface area contributed by atoms with E-state index in [-0.39, 0.29) is 12.5 Å². The third-order valence-corrected chi connectivity index (χ3v) is 4.11. The Morgan fingerprint density at radius 3 is 2.71 bits per heavy atom. The van der Waals surface area contributed by atoms with E-state index < -0.39 is 0 Å². The number of hydrogen-bond donors (Lipinski definition) is 1. The van der Waals surface area contributed by atoms with E-state index in [1.54, 1.807) is 0 Å². The summed E-state index contributed by atoms with van der Waals surface area (Å²) in [5.41, 5.74) is 1.10. The topological polar surface area (TPSA) is 49.8 Å². The molecule has 4 heteroatoms. The highest BCUT2D eigenvalue weighted by Crippen LogP contribution is 2.21. The van der Waals surface area contributed by atoms with E-state index in [0.717, 1.165) is 43.7 Å². The number of likely N-dealkylation sites (tertiary alicyclic amines) is 1. The molecule has 1 aliphatic heterocycles. The molecule has 0 aromatic heterocycles. The van der Waals surface area contributed by atoms with Crippen LogP contribution in [-0.2, 0) is 11.2 Å².